The molecule has 0 saturated carbocycles. The zero-order valence-electron chi connectivity index (χ0n) is 14.9. The van der Waals surface area contributed by atoms with Crippen molar-refractivity contribution in [2.24, 2.45) is 0 Å². The monoisotopic (exact) mass is 366 g/mol. The second-order valence-corrected chi connectivity index (χ2v) is 6.84. The Morgan fingerprint density at radius 1 is 1.04 bits per heavy atom. The van der Waals surface area contributed by atoms with E-state index in [4.69, 9.17) is 4.74 Å². The fraction of sp³-hybridized carbons (Fsp3) is 0.429. The van der Waals surface area contributed by atoms with Gasteiger partial charge in [0.2, 0.25) is 0 Å². The highest BCUT2D eigenvalue weighted by Crippen LogP contribution is 2.41. The summed E-state index contributed by atoms with van der Waals surface area (Å²) in [4.78, 5) is 0. The molecule has 0 aliphatic carbocycles. The third-order valence-corrected chi connectivity index (χ3v) is 4.81. The molecule has 0 radical (unpaired) electrons. The molecule has 0 N–H and O–H groups in total. The molecule has 5 heteroatoms. The number of benzene rings is 2. The van der Waals surface area contributed by atoms with E-state index in [9.17, 15) is 17.6 Å². The number of hydrogen-bond donors (Lipinski definition) is 0. The number of ether oxygens (including phenoxy) is 1. The van der Waals surface area contributed by atoms with Crippen LogP contribution >= 0.6 is 0 Å². The molecule has 1 aliphatic heterocycles. The van der Waals surface area contributed by atoms with Crippen LogP contribution in [0.5, 0.6) is 0 Å². The second kappa shape index (κ2) is 7.39. The summed E-state index contributed by atoms with van der Waals surface area (Å²) < 4.78 is 60.2. The van der Waals surface area contributed by atoms with Crippen LogP contribution in [0.3, 0.4) is 0 Å². The summed E-state index contributed by atoms with van der Waals surface area (Å²) in [6, 6.07) is 9.39. The van der Waals surface area contributed by atoms with Crippen LogP contribution in [0, 0.1) is 12.7 Å². The minimum absolute atomic E-state index is 0.0162. The van der Waals surface area contributed by atoms with E-state index in [1.54, 1.807) is 6.92 Å². The van der Waals surface area contributed by atoms with Gasteiger partial charge in [-0.3, -0.25) is 0 Å². The molecule has 3 rings (SSSR count). The zero-order chi connectivity index (χ0) is 18.9. The van der Waals surface area contributed by atoms with Crippen LogP contribution < -0.4 is 0 Å². The predicted molar refractivity (Wildman–Crippen MR) is 92.7 cm³/mol. The van der Waals surface area contributed by atoms with Gasteiger partial charge in [0.15, 0.2) is 0 Å². The first-order valence-electron chi connectivity index (χ1n) is 8.89. The summed E-state index contributed by atoms with van der Waals surface area (Å²) in [5.41, 5.74) is 1.55. The molecule has 0 bridgehead atoms. The average molecular weight is 366 g/mol. The van der Waals surface area contributed by atoms with E-state index in [0.717, 1.165) is 18.4 Å². The van der Waals surface area contributed by atoms with Crippen molar-refractivity contribution in [3.05, 3.63) is 69.5 Å². The molecule has 140 valence electrons. The van der Waals surface area contributed by atoms with Crippen LogP contribution in [0.2, 0.25) is 0 Å². The SMILES string of the molecule is CCCc1ccc(CCc2c(C)cc(C3CO3)c(F)c2C(F)(F)F)cc1. The maximum absolute atomic E-state index is 14.6. The molecular formula is C21H22F4O. The van der Waals surface area contributed by atoms with Gasteiger partial charge in [-0.1, -0.05) is 43.7 Å². The van der Waals surface area contributed by atoms with Gasteiger partial charge in [-0.15, -0.1) is 0 Å². The average Bonchev–Trinajstić information content (AvgIpc) is 3.40. The number of rotatable bonds is 6. The summed E-state index contributed by atoms with van der Waals surface area (Å²) in [5.74, 6) is -1.18. The van der Waals surface area contributed by atoms with Crippen molar-refractivity contribution < 1.29 is 22.3 Å². The highest BCUT2D eigenvalue weighted by atomic mass is 19.4. The molecule has 1 saturated heterocycles. The van der Waals surface area contributed by atoms with E-state index in [-0.39, 0.29) is 24.2 Å². The van der Waals surface area contributed by atoms with Gasteiger partial charge in [-0.2, -0.15) is 13.2 Å². The minimum atomic E-state index is -4.72. The molecule has 1 aliphatic rings. The molecule has 1 unspecified atom stereocenters. The minimum Gasteiger partial charge on any atom is -0.368 e. The fourth-order valence-corrected chi connectivity index (χ4v) is 3.37. The van der Waals surface area contributed by atoms with Gasteiger partial charge in [-0.05, 0) is 48.4 Å². The normalized spacial score (nSPS) is 16.8. The molecule has 2 aromatic carbocycles. The van der Waals surface area contributed by atoms with Gasteiger partial charge in [0.05, 0.1) is 12.2 Å². The largest absolute Gasteiger partial charge is 0.419 e. The number of hydrogen-bond acceptors (Lipinski definition) is 1. The molecule has 0 aromatic heterocycles. The lowest BCUT2D eigenvalue weighted by Gasteiger charge is -2.18. The smallest absolute Gasteiger partial charge is 0.368 e. The first-order valence-corrected chi connectivity index (χ1v) is 8.89. The number of epoxide rings is 1. The van der Waals surface area contributed by atoms with Gasteiger partial charge in [0.25, 0.3) is 0 Å². The van der Waals surface area contributed by atoms with Gasteiger partial charge >= 0.3 is 6.18 Å². The van der Waals surface area contributed by atoms with Crippen molar-refractivity contribution in [2.75, 3.05) is 6.61 Å². The Balaban J connectivity index is 1.88. The molecule has 26 heavy (non-hydrogen) atoms. The molecule has 1 fully saturated rings. The number of halogens is 4. The summed E-state index contributed by atoms with van der Waals surface area (Å²) in [6.45, 7) is 3.98. The van der Waals surface area contributed by atoms with Crippen molar-refractivity contribution in [2.45, 2.75) is 51.8 Å². The van der Waals surface area contributed by atoms with E-state index in [1.807, 2.05) is 24.3 Å². The number of aryl methyl sites for hydroxylation is 3. The second-order valence-electron chi connectivity index (χ2n) is 6.84. The van der Waals surface area contributed by atoms with Gasteiger partial charge in [0.1, 0.15) is 11.9 Å². The van der Waals surface area contributed by atoms with Crippen molar-refractivity contribution in [1.29, 1.82) is 0 Å². The molecule has 2 aromatic rings. The maximum Gasteiger partial charge on any atom is 0.419 e. The Morgan fingerprint density at radius 2 is 1.62 bits per heavy atom. The maximum atomic E-state index is 14.6. The standard InChI is InChI=1S/C21H22F4O/c1-3-4-14-5-7-15(8-6-14)9-10-16-13(2)11-17(18-12-26-18)20(22)19(16)21(23,24)25/h5-8,11,18H,3-4,9-10,12H2,1-2H3. The lowest BCUT2D eigenvalue weighted by atomic mass is 9.91. The first-order chi connectivity index (χ1) is 12.3. The van der Waals surface area contributed by atoms with E-state index in [1.165, 1.54) is 11.6 Å². The molecular weight excluding hydrogens is 344 g/mol. The van der Waals surface area contributed by atoms with Crippen LogP contribution in [0.25, 0.3) is 0 Å². The Hall–Kier alpha value is -1.88. The molecule has 1 heterocycles. The van der Waals surface area contributed by atoms with Gasteiger partial charge in [0, 0.05) is 5.56 Å². The fourth-order valence-electron chi connectivity index (χ4n) is 3.37. The van der Waals surface area contributed by atoms with Gasteiger partial charge in [-0.25, -0.2) is 4.39 Å². The van der Waals surface area contributed by atoms with Crippen molar-refractivity contribution in [3.8, 4) is 0 Å². The Morgan fingerprint density at radius 3 is 2.12 bits per heavy atom. The lowest BCUT2D eigenvalue weighted by Crippen LogP contribution is -2.16. The van der Waals surface area contributed by atoms with E-state index < -0.39 is 23.7 Å². The van der Waals surface area contributed by atoms with E-state index >= 15 is 0 Å². The van der Waals surface area contributed by atoms with Crippen molar-refractivity contribution in [1.82, 2.24) is 0 Å². The Kier molecular flexibility index (Phi) is 5.37. The van der Waals surface area contributed by atoms with E-state index in [2.05, 4.69) is 6.92 Å². The zero-order valence-corrected chi connectivity index (χ0v) is 14.9. The summed E-state index contributed by atoms with van der Waals surface area (Å²) >= 11 is 0. The van der Waals surface area contributed by atoms with Crippen LogP contribution in [0.4, 0.5) is 17.6 Å². The Bertz CT molecular complexity index is 774. The lowest BCUT2D eigenvalue weighted by molar-refractivity contribution is -0.140. The topological polar surface area (TPSA) is 12.5 Å². The highest BCUT2D eigenvalue weighted by Gasteiger charge is 2.41. The van der Waals surface area contributed by atoms with Gasteiger partial charge < -0.3 is 4.74 Å². The van der Waals surface area contributed by atoms with Crippen LogP contribution in [0.15, 0.2) is 30.3 Å². The van der Waals surface area contributed by atoms with Crippen molar-refractivity contribution in [3.63, 3.8) is 0 Å². The summed E-state index contributed by atoms with van der Waals surface area (Å²) in [7, 11) is 0. The number of alkyl halides is 3. The molecule has 0 spiro atoms. The quantitative estimate of drug-likeness (QED) is 0.454. The third kappa shape index (κ3) is 4.09. The summed E-state index contributed by atoms with van der Waals surface area (Å²) in [5, 5.41) is 0. The van der Waals surface area contributed by atoms with Crippen LogP contribution in [0.1, 0.15) is 52.8 Å². The van der Waals surface area contributed by atoms with Crippen LogP contribution in [-0.2, 0) is 30.2 Å². The highest BCUT2D eigenvalue weighted by molar-refractivity contribution is 5.44. The van der Waals surface area contributed by atoms with E-state index in [0.29, 0.717) is 12.0 Å². The molecule has 1 atom stereocenters. The summed E-state index contributed by atoms with van der Waals surface area (Å²) in [6.07, 6.45) is -2.65. The predicted octanol–water partition coefficient (Wildman–Crippen LogP) is 5.96. The molecule has 0 amide bonds. The Labute approximate surface area is 151 Å². The molecule has 1 nitrogen and oxygen atoms in total. The van der Waals surface area contributed by atoms with Crippen LogP contribution in [-0.4, -0.2) is 6.61 Å². The van der Waals surface area contributed by atoms with Crippen molar-refractivity contribution >= 4 is 0 Å². The first kappa shape index (κ1) is 18.9. The third-order valence-electron chi connectivity index (χ3n) is 4.81.